The Morgan fingerprint density at radius 1 is 1.07 bits per heavy atom. The van der Waals surface area contributed by atoms with E-state index < -0.39 is 0 Å². The van der Waals surface area contributed by atoms with Crippen molar-refractivity contribution in [2.45, 2.75) is 19.4 Å². The third kappa shape index (κ3) is 3.69. The first-order valence-electron chi connectivity index (χ1n) is 9.42. The molecule has 0 bridgehead atoms. The Morgan fingerprint density at radius 2 is 1.75 bits per heavy atom. The summed E-state index contributed by atoms with van der Waals surface area (Å²) in [6.07, 6.45) is 0.273. The number of piperazine rings is 1. The number of aryl methyl sites for hydroxylation is 1. The Hall–Kier alpha value is -1.89. The first-order valence-corrected chi connectivity index (χ1v) is 10.6. The van der Waals surface area contributed by atoms with Gasteiger partial charge in [-0.15, -0.1) is 0 Å². The Labute approximate surface area is 178 Å². The van der Waals surface area contributed by atoms with E-state index >= 15 is 0 Å². The maximum Gasteiger partial charge on any atom is 0.292 e. The fourth-order valence-electron chi connectivity index (χ4n) is 4.05. The molecule has 2 amide bonds. The number of halogens is 2. The van der Waals surface area contributed by atoms with Gasteiger partial charge in [0.25, 0.3) is 5.91 Å². The number of benzene rings is 2. The summed E-state index contributed by atoms with van der Waals surface area (Å²) in [7, 11) is 0. The number of anilines is 2. The van der Waals surface area contributed by atoms with Crippen molar-refractivity contribution in [1.29, 1.82) is 0 Å². The first kappa shape index (κ1) is 19.4. The van der Waals surface area contributed by atoms with E-state index in [1.165, 1.54) is 9.80 Å². The normalized spacial score (nSPS) is 20.9. The smallest absolute Gasteiger partial charge is 0.292 e. The molecule has 28 heavy (non-hydrogen) atoms. The average Bonchev–Trinajstić information content (AvgIpc) is 2.97. The van der Waals surface area contributed by atoms with Crippen LogP contribution in [0.4, 0.5) is 11.4 Å². The number of hydrogen-bond acceptors (Lipinski definition) is 3. The summed E-state index contributed by atoms with van der Waals surface area (Å²) in [6.45, 7) is 5.34. The van der Waals surface area contributed by atoms with Gasteiger partial charge in [-0.2, -0.15) is 0 Å². The van der Waals surface area contributed by atoms with Crippen LogP contribution in [0.15, 0.2) is 46.9 Å². The molecule has 2 aromatic rings. The van der Waals surface area contributed by atoms with Gasteiger partial charge in [-0.05, 0) is 64.8 Å². The third-order valence-corrected chi connectivity index (χ3v) is 6.47. The zero-order chi connectivity index (χ0) is 19.8. The Balaban J connectivity index is 1.45. The second-order valence-electron chi connectivity index (χ2n) is 7.40. The molecule has 1 N–H and O–H groups in total. The van der Waals surface area contributed by atoms with Gasteiger partial charge >= 0.3 is 0 Å². The summed E-state index contributed by atoms with van der Waals surface area (Å²) in [5.74, 6) is -0.211. The van der Waals surface area contributed by atoms with E-state index in [0.717, 1.165) is 46.9 Å². The SMILES string of the molecule is Cc1ccc(N2C(=O)C[C@H]([NH+]3CCN(c4ccc(Cl)cc4)CC3)C2=O)c(Br)c1. The van der Waals surface area contributed by atoms with Crippen LogP contribution in [-0.4, -0.2) is 44.0 Å². The van der Waals surface area contributed by atoms with E-state index in [-0.39, 0.29) is 24.3 Å². The molecule has 0 unspecified atom stereocenters. The number of quaternary nitrogens is 1. The molecule has 0 aromatic heterocycles. The largest absolute Gasteiger partial charge is 0.360 e. The van der Waals surface area contributed by atoms with Gasteiger partial charge in [0.05, 0.1) is 38.3 Å². The Morgan fingerprint density at radius 3 is 2.39 bits per heavy atom. The zero-order valence-electron chi connectivity index (χ0n) is 15.6. The molecule has 2 saturated heterocycles. The van der Waals surface area contributed by atoms with Gasteiger partial charge in [0, 0.05) is 15.2 Å². The van der Waals surface area contributed by atoms with Crippen LogP contribution < -0.4 is 14.7 Å². The molecule has 2 heterocycles. The lowest BCUT2D eigenvalue weighted by atomic mass is 10.1. The summed E-state index contributed by atoms with van der Waals surface area (Å²) in [5, 5.41) is 0.727. The van der Waals surface area contributed by atoms with E-state index in [1.54, 1.807) is 0 Å². The Bertz CT molecular complexity index is 910. The van der Waals surface area contributed by atoms with Crippen LogP contribution in [-0.2, 0) is 9.59 Å². The van der Waals surface area contributed by atoms with Crippen molar-refractivity contribution in [3.8, 4) is 0 Å². The molecular formula is C21H22BrClN3O2+. The molecule has 7 heteroatoms. The average molecular weight is 464 g/mol. The van der Waals surface area contributed by atoms with Gasteiger partial charge in [0.1, 0.15) is 0 Å². The highest BCUT2D eigenvalue weighted by atomic mass is 79.9. The Kier molecular flexibility index (Phi) is 5.45. The molecule has 0 radical (unpaired) electrons. The van der Waals surface area contributed by atoms with Crippen LogP contribution >= 0.6 is 27.5 Å². The number of carbonyl (C=O) groups excluding carboxylic acids is 2. The predicted molar refractivity (Wildman–Crippen MR) is 114 cm³/mol. The minimum absolute atomic E-state index is 0.0931. The van der Waals surface area contributed by atoms with E-state index in [4.69, 9.17) is 11.6 Å². The molecule has 1 atom stereocenters. The molecular weight excluding hydrogens is 442 g/mol. The first-order chi connectivity index (χ1) is 13.4. The van der Waals surface area contributed by atoms with Gasteiger partial charge in [0.2, 0.25) is 5.91 Å². The van der Waals surface area contributed by atoms with Crippen LogP contribution in [0.2, 0.25) is 5.02 Å². The monoisotopic (exact) mass is 462 g/mol. The van der Waals surface area contributed by atoms with E-state index in [9.17, 15) is 9.59 Å². The van der Waals surface area contributed by atoms with Gasteiger partial charge in [0.15, 0.2) is 6.04 Å². The number of rotatable bonds is 3. The van der Waals surface area contributed by atoms with Crippen LogP contribution in [0.1, 0.15) is 12.0 Å². The molecule has 0 spiro atoms. The molecule has 2 aliphatic heterocycles. The highest BCUT2D eigenvalue weighted by molar-refractivity contribution is 9.10. The number of carbonyl (C=O) groups is 2. The van der Waals surface area contributed by atoms with Crippen molar-refractivity contribution in [3.05, 3.63) is 57.5 Å². The maximum atomic E-state index is 13.1. The van der Waals surface area contributed by atoms with Crippen molar-refractivity contribution >= 4 is 50.7 Å². The van der Waals surface area contributed by atoms with E-state index in [2.05, 4.69) is 20.8 Å². The van der Waals surface area contributed by atoms with Crippen LogP contribution in [0.5, 0.6) is 0 Å². The number of amides is 2. The summed E-state index contributed by atoms with van der Waals surface area (Å²) in [4.78, 5) is 30.6. The molecule has 5 nitrogen and oxygen atoms in total. The minimum Gasteiger partial charge on any atom is -0.360 e. The minimum atomic E-state index is -0.298. The van der Waals surface area contributed by atoms with Gasteiger partial charge < -0.3 is 9.80 Å². The summed E-state index contributed by atoms with van der Waals surface area (Å²) in [5.41, 5.74) is 2.86. The summed E-state index contributed by atoms with van der Waals surface area (Å²) in [6, 6.07) is 13.2. The van der Waals surface area contributed by atoms with Crippen LogP contribution in [0.25, 0.3) is 0 Å². The van der Waals surface area contributed by atoms with Gasteiger partial charge in [-0.25, -0.2) is 4.90 Å². The third-order valence-electron chi connectivity index (χ3n) is 5.58. The second-order valence-corrected chi connectivity index (χ2v) is 8.69. The van der Waals surface area contributed by atoms with Crippen LogP contribution in [0.3, 0.4) is 0 Å². The molecule has 4 rings (SSSR count). The number of hydrogen-bond donors (Lipinski definition) is 1. The highest BCUT2D eigenvalue weighted by Crippen LogP contribution is 2.31. The lowest BCUT2D eigenvalue weighted by Crippen LogP contribution is -3.19. The maximum absolute atomic E-state index is 13.1. The predicted octanol–water partition coefficient (Wildman–Crippen LogP) is 2.45. The molecule has 2 aromatic carbocycles. The molecule has 2 aliphatic rings. The quantitative estimate of drug-likeness (QED) is 0.711. The number of nitrogens with one attached hydrogen (secondary N) is 1. The van der Waals surface area contributed by atoms with Gasteiger partial charge in [-0.3, -0.25) is 9.59 Å². The van der Waals surface area contributed by atoms with Crippen molar-refractivity contribution in [2.24, 2.45) is 0 Å². The van der Waals surface area contributed by atoms with Crippen molar-refractivity contribution in [2.75, 3.05) is 36.0 Å². The van der Waals surface area contributed by atoms with Crippen molar-refractivity contribution < 1.29 is 14.5 Å². The van der Waals surface area contributed by atoms with E-state index in [0.29, 0.717) is 5.69 Å². The van der Waals surface area contributed by atoms with Crippen molar-refractivity contribution in [1.82, 2.24) is 0 Å². The van der Waals surface area contributed by atoms with Crippen molar-refractivity contribution in [3.63, 3.8) is 0 Å². The lowest BCUT2D eigenvalue weighted by Gasteiger charge is -2.35. The van der Waals surface area contributed by atoms with E-state index in [1.807, 2.05) is 49.4 Å². The van der Waals surface area contributed by atoms with Gasteiger partial charge in [-0.1, -0.05) is 17.7 Å². The molecule has 0 aliphatic carbocycles. The number of nitrogens with zero attached hydrogens (tertiary/aromatic N) is 2. The summed E-state index contributed by atoms with van der Waals surface area (Å²) >= 11 is 9.47. The number of imide groups is 1. The summed E-state index contributed by atoms with van der Waals surface area (Å²) < 4.78 is 0.775. The molecule has 0 saturated carbocycles. The fourth-order valence-corrected chi connectivity index (χ4v) is 4.85. The van der Waals surface area contributed by atoms with Crippen LogP contribution in [0, 0.1) is 6.92 Å². The topological polar surface area (TPSA) is 45.1 Å². The highest BCUT2D eigenvalue weighted by Gasteiger charge is 2.46. The zero-order valence-corrected chi connectivity index (χ0v) is 18.0. The molecule has 146 valence electrons. The molecule has 2 fully saturated rings. The lowest BCUT2D eigenvalue weighted by molar-refractivity contribution is -0.915. The fraction of sp³-hybridized carbons (Fsp3) is 0.333. The standard InChI is InChI=1S/C21H21BrClN3O2/c1-14-2-7-18(17(22)12-14)26-20(27)13-19(21(26)28)25-10-8-24(9-11-25)16-5-3-15(23)4-6-16/h2-7,12,19H,8-11,13H2,1H3/p+1/t19-/m0/s1. The second kappa shape index (κ2) is 7.85.